The zero-order valence-corrected chi connectivity index (χ0v) is 20.7. The van der Waals surface area contributed by atoms with Crippen molar-refractivity contribution < 1.29 is 9.59 Å². The molecular formula is C26H48N2O2. The Kier molecular flexibility index (Phi) is 9.39. The number of piperidine rings is 1. The number of imide groups is 1. The molecule has 0 saturated carbocycles. The van der Waals surface area contributed by atoms with Crippen molar-refractivity contribution >= 4 is 11.8 Å². The molecule has 30 heavy (non-hydrogen) atoms. The molecule has 2 saturated heterocycles. The Bertz CT molecular complexity index is 551. The van der Waals surface area contributed by atoms with E-state index in [1.807, 2.05) is 0 Å². The summed E-state index contributed by atoms with van der Waals surface area (Å²) in [5.41, 5.74) is 0.227. The first kappa shape index (κ1) is 25.4. The third kappa shape index (κ3) is 6.80. The van der Waals surface area contributed by atoms with Crippen LogP contribution < -0.4 is 5.32 Å². The predicted molar refractivity (Wildman–Crippen MR) is 125 cm³/mol. The fourth-order valence-corrected chi connectivity index (χ4v) is 6.13. The Labute approximate surface area is 185 Å². The van der Waals surface area contributed by atoms with Crippen LogP contribution in [0.15, 0.2) is 0 Å². The van der Waals surface area contributed by atoms with Gasteiger partial charge in [-0.05, 0) is 65.8 Å². The van der Waals surface area contributed by atoms with E-state index in [9.17, 15) is 9.59 Å². The van der Waals surface area contributed by atoms with Crippen molar-refractivity contribution in [2.45, 2.75) is 129 Å². The first-order valence-corrected chi connectivity index (χ1v) is 12.7. The highest BCUT2D eigenvalue weighted by molar-refractivity contribution is 6.03. The van der Waals surface area contributed by atoms with Crippen LogP contribution in [0.5, 0.6) is 0 Å². The second-order valence-electron chi connectivity index (χ2n) is 11.4. The lowest BCUT2D eigenvalue weighted by Crippen LogP contribution is -2.59. The summed E-state index contributed by atoms with van der Waals surface area (Å²) in [5.74, 6) is 0.616. The lowest BCUT2D eigenvalue weighted by atomic mass is 9.65. The van der Waals surface area contributed by atoms with Gasteiger partial charge in [0.25, 0.3) is 0 Å². The van der Waals surface area contributed by atoms with Crippen molar-refractivity contribution in [2.24, 2.45) is 17.8 Å². The molecule has 174 valence electrons. The quantitative estimate of drug-likeness (QED) is 0.307. The van der Waals surface area contributed by atoms with Gasteiger partial charge in [0.1, 0.15) is 0 Å². The number of likely N-dealkylation sites (tertiary alicyclic amines) is 1. The van der Waals surface area contributed by atoms with Gasteiger partial charge in [-0.3, -0.25) is 19.8 Å². The van der Waals surface area contributed by atoms with Gasteiger partial charge in [-0.25, -0.2) is 0 Å². The van der Waals surface area contributed by atoms with Crippen LogP contribution in [0.25, 0.3) is 0 Å². The molecule has 4 heteroatoms. The summed E-state index contributed by atoms with van der Waals surface area (Å²) in [6.07, 6.45) is 15.6. The third-order valence-electron chi connectivity index (χ3n) is 8.11. The minimum Gasteiger partial charge on any atom is -0.296 e. The maximum Gasteiger partial charge on any atom is 0.230 e. The number of carbonyl (C=O) groups is 2. The largest absolute Gasteiger partial charge is 0.296 e. The summed E-state index contributed by atoms with van der Waals surface area (Å²) in [6.45, 7) is 11.6. The molecule has 2 atom stereocenters. The van der Waals surface area contributed by atoms with E-state index < -0.39 is 0 Å². The number of amides is 2. The first-order valence-electron chi connectivity index (χ1n) is 12.7. The van der Waals surface area contributed by atoms with Crippen molar-refractivity contribution in [2.75, 3.05) is 7.05 Å². The molecule has 0 aromatic rings. The van der Waals surface area contributed by atoms with Crippen molar-refractivity contribution in [3.05, 3.63) is 0 Å². The Morgan fingerprint density at radius 3 is 1.87 bits per heavy atom. The topological polar surface area (TPSA) is 49.4 Å². The van der Waals surface area contributed by atoms with E-state index in [-0.39, 0.29) is 28.8 Å². The number of hydrogen-bond donors (Lipinski definition) is 1. The van der Waals surface area contributed by atoms with Crippen LogP contribution in [0.4, 0.5) is 0 Å². The molecule has 2 fully saturated rings. The second kappa shape index (κ2) is 11.1. The number of nitrogens with zero attached hydrogens (tertiary/aromatic N) is 1. The monoisotopic (exact) mass is 420 g/mol. The van der Waals surface area contributed by atoms with Crippen molar-refractivity contribution in [1.82, 2.24) is 10.2 Å². The molecule has 2 rings (SSSR count). The smallest absolute Gasteiger partial charge is 0.230 e. The van der Waals surface area contributed by atoms with Crippen molar-refractivity contribution in [3.8, 4) is 0 Å². The molecule has 2 heterocycles. The van der Waals surface area contributed by atoms with E-state index in [0.717, 1.165) is 19.3 Å². The van der Waals surface area contributed by atoms with Crippen LogP contribution in [0.2, 0.25) is 0 Å². The zero-order chi connectivity index (χ0) is 22.4. The maximum atomic E-state index is 12.6. The summed E-state index contributed by atoms with van der Waals surface area (Å²) in [4.78, 5) is 27.0. The van der Waals surface area contributed by atoms with Gasteiger partial charge >= 0.3 is 0 Å². The van der Waals surface area contributed by atoms with Gasteiger partial charge in [-0.15, -0.1) is 0 Å². The van der Waals surface area contributed by atoms with Crippen LogP contribution in [-0.2, 0) is 9.59 Å². The second-order valence-corrected chi connectivity index (χ2v) is 11.4. The Morgan fingerprint density at radius 2 is 1.40 bits per heavy atom. The van der Waals surface area contributed by atoms with Gasteiger partial charge in [0.05, 0.1) is 5.92 Å². The van der Waals surface area contributed by atoms with Crippen LogP contribution in [-0.4, -0.2) is 34.8 Å². The minimum atomic E-state index is -0.119. The first-order chi connectivity index (χ1) is 14.1. The van der Waals surface area contributed by atoms with E-state index in [1.54, 1.807) is 0 Å². The number of rotatable bonds is 12. The summed E-state index contributed by atoms with van der Waals surface area (Å²) in [7, 11) is 2.23. The SMILES string of the molecule is CCCCCCCCCCCC(C1CC(C)(C)N(C)C(C)(C)C1)C1CC(=O)NC1=O. The highest BCUT2D eigenvalue weighted by atomic mass is 16.2. The summed E-state index contributed by atoms with van der Waals surface area (Å²) >= 11 is 0. The molecule has 0 spiro atoms. The predicted octanol–water partition coefficient (Wildman–Crippen LogP) is 6.09. The number of carbonyl (C=O) groups excluding carboxylic acids is 2. The van der Waals surface area contributed by atoms with Crippen LogP contribution in [0.1, 0.15) is 118 Å². The lowest BCUT2D eigenvalue weighted by molar-refractivity contribution is -0.127. The fourth-order valence-electron chi connectivity index (χ4n) is 6.13. The average molecular weight is 421 g/mol. The van der Waals surface area contributed by atoms with E-state index in [4.69, 9.17) is 0 Å². The molecule has 0 aliphatic carbocycles. The summed E-state index contributed by atoms with van der Waals surface area (Å²) < 4.78 is 0. The van der Waals surface area contributed by atoms with Crippen LogP contribution in [0.3, 0.4) is 0 Å². The Balaban J connectivity index is 1.94. The standard InChI is InChI=1S/C26H48N2O2/c1-7-8-9-10-11-12-13-14-15-16-21(22-17-23(29)27-24(22)30)20-18-25(2,3)28(6)26(4,5)19-20/h20-22H,7-19H2,1-6H3,(H,27,29,30). The number of nitrogens with one attached hydrogen (secondary N) is 1. The minimum absolute atomic E-state index is 0.0181. The van der Waals surface area contributed by atoms with Crippen molar-refractivity contribution in [3.63, 3.8) is 0 Å². The fraction of sp³-hybridized carbons (Fsp3) is 0.923. The van der Waals surface area contributed by atoms with E-state index in [2.05, 4.69) is 51.9 Å². The molecule has 2 unspecified atom stereocenters. The molecule has 1 N–H and O–H groups in total. The lowest BCUT2D eigenvalue weighted by Gasteiger charge is -2.55. The third-order valence-corrected chi connectivity index (χ3v) is 8.11. The molecule has 4 nitrogen and oxygen atoms in total. The maximum absolute atomic E-state index is 12.6. The summed E-state index contributed by atoms with van der Waals surface area (Å²) in [5, 5.41) is 2.58. The molecule has 0 radical (unpaired) electrons. The highest BCUT2D eigenvalue weighted by Crippen LogP contribution is 2.47. The molecule has 0 bridgehead atoms. The molecule has 2 aliphatic heterocycles. The van der Waals surface area contributed by atoms with Gasteiger partial charge in [-0.2, -0.15) is 0 Å². The summed E-state index contributed by atoms with van der Waals surface area (Å²) in [6, 6.07) is 0. The van der Waals surface area contributed by atoms with Crippen LogP contribution in [0, 0.1) is 17.8 Å². The molecular weight excluding hydrogens is 372 g/mol. The van der Waals surface area contributed by atoms with Gasteiger partial charge in [-0.1, -0.05) is 64.7 Å². The van der Waals surface area contributed by atoms with Gasteiger partial charge < -0.3 is 0 Å². The Morgan fingerprint density at radius 1 is 0.900 bits per heavy atom. The van der Waals surface area contributed by atoms with E-state index in [1.165, 1.54) is 57.8 Å². The molecule has 0 aromatic heterocycles. The zero-order valence-electron chi connectivity index (χ0n) is 20.7. The van der Waals surface area contributed by atoms with Gasteiger partial charge in [0, 0.05) is 17.5 Å². The average Bonchev–Trinajstić information content (AvgIpc) is 2.98. The van der Waals surface area contributed by atoms with Crippen molar-refractivity contribution in [1.29, 1.82) is 0 Å². The normalized spacial score (nSPS) is 25.5. The molecule has 2 aliphatic rings. The van der Waals surface area contributed by atoms with Gasteiger partial charge in [0.2, 0.25) is 11.8 Å². The molecule has 0 aromatic carbocycles. The van der Waals surface area contributed by atoms with E-state index >= 15 is 0 Å². The number of unbranched alkanes of at least 4 members (excludes halogenated alkanes) is 8. The number of hydrogen-bond acceptors (Lipinski definition) is 3. The Hall–Kier alpha value is -0.900. The highest BCUT2D eigenvalue weighted by Gasteiger charge is 2.48. The van der Waals surface area contributed by atoms with E-state index in [0.29, 0.717) is 18.3 Å². The molecule has 2 amide bonds. The van der Waals surface area contributed by atoms with Gasteiger partial charge in [0.15, 0.2) is 0 Å². The van der Waals surface area contributed by atoms with Crippen LogP contribution >= 0.6 is 0 Å².